The van der Waals surface area contributed by atoms with Crippen LogP contribution in [0.5, 0.6) is 0 Å². The Bertz CT molecular complexity index is 272. The Morgan fingerprint density at radius 1 is 1.05 bits per heavy atom. The van der Waals surface area contributed by atoms with E-state index >= 15 is 0 Å². The van der Waals surface area contributed by atoms with Crippen LogP contribution in [0.15, 0.2) is 0 Å². The number of Topliss-reactive ketones (excluding diaryl/α,β-unsaturated/α-hetero) is 2. The predicted octanol–water partition coefficient (Wildman–Crippen LogP) is 4.80. The number of ketones is 2. The average Bonchev–Trinajstić information content (AvgIpc) is 2.29. The Hall–Kier alpha value is -0.310. The molecule has 0 aliphatic rings. The number of carbonyl (C=O) groups is 2. The van der Waals surface area contributed by atoms with Crippen molar-refractivity contribution in [1.29, 1.82) is 0 Å². The lowest BCUT2D eigenvalue weighted by atomic mass is 10.0. The second kappa shape index (κ2) is 10.5. The molecule has 0 aromatic heterocycles. The normalized spacial score (nSPS) is 11.6. The maximum absolute atomic E-state index is 11.4. The maximum atomic E-state index is 11.4. The molecule has 0 saturated heterocycles. The second-order valence-corrected chi connectivity index (χ2v) is 7.74. The smallest absolute Gasteiger partial charge is 0.140 e. The van der Waals surface area contributed by atoms with Gasteiger partial charge in [-0.2, -0.15) is 11.8 Å². The summed E-state index contributed by atoms with van der Waals surface area (Å²) in [6.45, 7) is 8.30. The molecule has 0 spiro atoms. The van der Waals surface area contributed by atoms with E-state index in [1.54, 1.807) is 0 Å². The molecule has 0 aromatic carbocycles. The maximum Gasteiger partial charge on any atom is 0.140 e. The molecule has 0 unspecified atom stereocenters. The van der Waals surface area contributed by atoms with Crippen LogP contribution in [0, 0.1) is 0 Å². The molecule has 0 rings (SSSR count). The summed E-state index contributed by atoms with van der Waals surface area (Å²) in [5, 5.41) is 0. The van der Waals surface area contributed by atoms with Gasteiger partial charge in [-0.05, 0) is 25.5 Å². The van der Waals surface area contributed by atoms with Gasteiger partial charge in [-0.1, -0.05) is 46.5 Å². The molecule has 0 aliphatic carbocycles. The summed E-state index contributed by atoms with van der Waals surface area (Å²) in [6.07, 6.45) is 8.07. The van der Waals surface area contributed by atoms with Gasteiger partial charge in [-0.15, -0.1) is 0 Å². The van der Waals surface area contributed by atoms with E-state index in [9.17, 15) is 9.59 Å². The van der Waals surface area contributed by atoms with Crippen molar-refractivity contribution in [2.75, 3.05) is 5.75 Å². The van der Waals surface area contributed by atoms with E-state index < -0.39 is 0 Å². The third kappa shape index (κ3) is 12.5. The summed E-state index contributed by atoms with van der Waals surface area (Å²) in [6, 6.07) is 0. The second-order valence-electron chi connectivity index (χ2n) is 5.94. The highest BCUT2D eigenvalue weighted by Gasteiger charge is 2.17. The van der Waals surface area contributed by atoms with Gasteiger partial charge in [0, 0.05) is 11.2 Å². The minimum absolute atomic E-state index is 0.0195. The monoisotopic (exact) mass is 286 g/mol. The number of carbonyl (C=O) groups excluding carboxylic acids is 2. The Morgan fingerprint density at radius 3 is 2.32 bits per heavy atom. The first-order chi connectivity index (χ1) is 8.87. The number of rotatable bonds is 12. The van der Waals surface area contributed by atoms with Gasteiger partial charge in [-0.25, -0.2) is 0 Å². The van der Waals surface area contributed by atoms with Gasteiger partial charge in [0.2, 0.25) is 0 Å². The van der Waals surface area contributed by atoms with Crippen LogP contribution in [0.4, 0.5) is 0 Å². The van der Waals surface area contributed by atoms with Crippen molar-refractivity contribution < 1.29 is 9.59 Å². The summed E-state index contributed by atoms with van der Waals surface area (Å²) >= 11 is 1.96. The SMILES string of the molecule is CCCCCCC(C)(C)SCCCC(=O)CC(C)=O. The Kier molecular flexibility index (Phi) is 10.3. The van der Waals surface area contributed by atoms with E-state index in [2.05, 4.69) is 20.8 Å². The number of thioether (sulfide) groups is 1. The molecule has 0 amide bonds. The molecule has 0 radical (unpaired) electrons. The molecule has 19 heavy (non-hydrogen) atoms. The molecule has 0 atom stereocenters. The molecule has 0 bridgehead atoms. The van der Waals surface area contributed by atoms with Crippen LogP contribution in [0.1, 0.15) is 79.1 Å². The third-order valence-corrected chi connectivity index (χ3v) is 4.65. The van der Waals surface area contributed by atoms with Crippen LogP contribution in [-0.4, -0.2) is 22.1 Å². The van der Waals surface area contributed by atoms with Gasteiger partial charge in [0.05, 0.1) is 6.42 Å². The largest absolute Gasteiger partial charge is 0.300 e. The standard InChI is InChI=1S/C16H30O2S/c1-5-6-7-8-11-16(3,4)19-12-9-10-15(18)13-14(2)17/h5-13H2,1-4H3. The minimum Gasteiger partial charge on any atom is -0.300 e. The molecule has 0 fully saturated rings. The molecule has 2 nitrogen and oxygen atoms in total. The van der Waals surface area contributed by atoms with Crippen LogP contribution >= 0.6 is 11.8 Å². The molecule has 112 valence electrons. The van der Waals surface area contributed by atoms with Gasteiger partial charge in [0.25, 0.3) is 0 Å². The van der Waals surface area contributed by atoms with Gasteiger partial charge >= 0.3 is 0 Å². The van der Waals surface area contributed by atoms with Gasteiger partial charge in [0.15, 0.2) is 0 Å². The van der Waals surface area contributed by atoms with E-state index in [1.807, 2.05) is 11.8 Å². The van der Waals surface area contributed by atoms with Gasteiger partial charge < -0.3 is 0 Å². The fourth-order valence-electron chi connectivity index (χ4n) is 2.03. The van der Waals surface area contributed by atoms with Gasteiger partial charge in [0.1, 0.15) is 11.6 Å². The molecule has 0 aliphatic heterocycles. The van der Waals surface area contributed by atoms with Crippen molar-refractivity contribution in [1.82, 2.24) is 0 Å². The molecular formula is C16H30O2S. The predicted molar refractivity (Wildman–Crippen MR) is 84.8 cm³/mol. The Balaban J connectivity index is 3.62. The average molecular weight is 286 g/mol. The lowest BCUT2D eigenvalue weighted by Gasteiger charge is -2.24. The Morgan fingerprint density at radius 2 is 1.74 bits per heavy atom. The quantitative estimate of drug-likeness (QED) is 0.382. The Labute approximate surface area is 123 Å². The molecule has 0 aromatic rings. The van der Waals surface area contributed by atoms with Crippen molar-refractivity contribution in [3.63, 3.8) is 0 Å². The fraction of sp³-hybridized carbons (Fsp3) is 0.875. The van der Waals surface area contributed by atoms with Crippen LogP contribution in [0.3, 0.4) is 0 Å². The summed E-state index contributed by atoms with van der Waals surface area (Å²) in [7, 11) is 0. The highest BCUT2D eigenvalue weighted by atomic mass is 32.2. The van der Waals surface area contributed by atoms with Crippen LogP contribution in [0.2, 0.25) is 0 Å². The third-order valence-electron chi connectivity index (χ3n) is 3.17. The van der Waals surface area contributed by atoms with E-state index in [0.29, 0.717) is 11.2 Å². The number of hydrogen-bond donors (Lipinski definition) is 0. The first-order valence-electron chi connectivity index (χ1n) is 7.52. The lowest BCUT2D eigenvalue weighted by Crippen LogP contribution is -2.15. The summed E-state index contributed by atoms with van der Waals surface area (Å²) < 4.78 is 0.317. The van der Waals surface area contributed by atoms with Crippen LogP contribution in [-0.2, 0) is 9.59 Å². The van der Waals surface area contributed by atoms with Gasteiger partial charge in [-0.3, -0.25) is 9.59 Å². The highest BCUT2D eigenvalue weighted by molar-refractivity contribution is 8.00. The molecule has 3 heteroatoms. The van der Waals surface area contributed by atoms with E-state index in [1.165, 1.54) is 39.0 Å². The van der Waals surface area contributed by atoms with Crippen molar-refractivity contribution in [2.45, 2.75) is 83.8 Å². The van der Waals surface area contributed by atoms with E-state index in [4.69, 9.17) is 0 Å². The first-order valence-corrected chi connectivity index (χ1v) is 8.51. The van der Waals surface area contributed by atoms with Crippen LogP contribution < -0.4 is 0 Å². The zero-order valence-electron chi connectivity index (χ0n) is 13.1. The van der Waals surface area contributed by atoms with E-state index in [-0.39, 0.29) is 18.0 Å². The molecular weight excluding hydrogens is 256 g/mol. The summed E-state index contributed by atoms with van der Waals surface area (Å²) in [4.78, 5) is 22.2. The van der Waals surface area contributed by atoms with Crippen molar-refractivity contribution >= 4 is 23.3 Å². The molecule has 0 heterocycles. The topological polar surface area (TPSA) is 34.1 Å². The lowest BCUT2D eigenvalue weighted by molar-refractivity contribution is -0.125. The van der Waals surface area contributed by atoms with Crippen LogP contribution in [0.25, 0.3) is 0 Å². The summed E-state index contributed by atoms with van der Waals surface area (Å²) in [5.41, 5.74) is 0. The number of hydrogen-bond acceptors (Lipinski definition) is 3. The zero-order chi connectivity index (χ0) is 14.7. The van der Waals surface area contributed by atoms with E-state index in [0.717, 1.165) is 12.2 Å². The highest BCUT2D eigenvalue weighted by Crippen LogP contribution is 2.31. The molecule has 0 N–H and O–H groups in total. The zero-order valence-corrected chi connectivity index (χ0v) is 13.9. The first kappa shape index (κ1) is 18.7. The van der Waals surface area contributed by atoms with Crippen molar-refractivity contribution in [3.8, 4) is 0 Å². The van der Waals surface area contributed by atoms with Crippen molar-refractivity contribution in [3.05, 3.63) is 0 Å². The molecule has 0 saturated carbocycles. The fourth-order valence-corrected chi connectivity index (χ4v) is 3.16. The summed E-state index contributed by atoms with van der Waals surface area (Å²) in [5.74, 6) is 1.09. The number of unbranched alkanes of at least 4 members (excludes halogenated alkanes) is 3. The van der Waals surface area contributed by atoms with Crippen molar-refractivity contribution in [2.24, 2.45) is 0 Å². The minimum atomic E-state index is -0.0195.